The third-order valence-electron chi connectivity index (χ3n) is 2.13. The van der Waals surface area contributed by atoms with Crippen LogP contribution in [0.25, 0.3) is 0 Å². The lowest BCUT2D eigenvalue weighted by molar-refractivity contribution is -0.127. The Morgan fingerprint density at radius 1 is 1.37 bits per heavy atom. The normalized spacial score (nSPS) is 11.3. The first-order chi connectivity index (χ1) is 9.02. The summed E-state index contributed by atoms with van der Waals surface area (Å²) in [5.74, 6) is 0.322. The van der Waals surface area contributed by atoms with E-state index in [1.165, 1.54) is 0 Å². The molecule has 1 unspecified atom stereocenters. The van der Waals surface area contributed by atoms with Crippen molar-refractivity contribution >= 4 is 39.2 Å². The van der Waals surface area contributed by atoms with Gasteiger partial charge in [0.15, 0.2) is 11.2 Å². The van der Waals surface area contributed by atoms with Crippen LogP contribution in [0.5, 0.6) is 5.75 Å². The van der Waals surface area contributed by atoms with Crippen molar-refractivity contribution in [3.63, 3.8) is 0 Å². The van der Waals surface area contributed by atoms with Crippen LogP contribution < -0.4 is 20.9 Å². The molecule has 0 saturated carbocycles. The molecule has 0 aromatic heterocycles. The van der Waals surface area contributed by atoms with Crippen molar-refractivity contribution in [2.24, 2.45) is 0 Å². The van der Waals surface area contributed by atoms with Gasteiger partial charge in [0, 0.05) is 11.0 Å². The van der Waals surface area contributed by atoms with E-state index in [0.29, 0.717) is 17.4 Å². The Kier molecular flexibility index (Phi) is 6.58. The number of amides is 1. The van der Waals surface area contributed by atoms with Crippen LogP contribution in [-0.2, 0) is 4.79 Å². The highest BCUT2D eigenvalue weighted by atomic mass is 79.9. The van der Waals surface area contributed by atoms with Gasteiger partial charge in [-0.05, 0) is 50.3 Å². The molecule has 0 aliphatic heterocycles. The summed E-state index contributed by atoms with van der Waals surface area (Å²) in [5, 5.41) is 3.22. The highest BCUT2D eigenvalue weighted by molar-refractivity contribution is 9.10. The van der Waals surface area contributed by atoms with E-state index in [4.69, 9.17) is 17.0 Å². The van der Waals surface area contributed by atoms with E-state index in [2.05, 4.69) is 32.1 Å². The molecule has 0 bridgehead atoms. The zero-order chi connectivity index (χ0) is 14.3. The average molecular weight is 346 g/mol. The number of ether oxygens (including phenoxy) is 1. The average Bonchev–Trinajstić information content (AvgIpc) is 2.39. The fraction of sp³-hybridized carbons (Fsp3) is 0.333. The van der Waals surface area contributed by atoms with E-state index in [1.807, 2.05) is 19.1 Å². The van der Waals surface area contributed by atoms with Gasteiger partial charge in [0.2, 0.25) is 0 Å². The smallest absolute Gasteiger partial charge is 0.279 e. The lowest BCUT2D eigenvalue weighted by Gasteiger charge is -2.16. The number of benzene rings is 1. The molecule has 0 saturated heterocycles. The van der Waals surface area contributed by atoms with E-state index in [0.717, 1.165) is 4.47 Å². The maximum Gasteiger partial charge on any atom is 0.279 e. The second kappa shape index (κ2) is 7.96. The van der Waals surface area contributed by atoms with Crippen molar-refractivity contribution in [2.75, 3.05) is 6.54 Å². The standard InChI is InChI=1S/C12H16BrN3O2S/c1-3-14-12(19)16-15-11(17)8(2)18-10-6-4-9(13)5-7-10/h4-8H,3H2,1-2H3,(H,15,17)(H2,14,16,19). The third-order valence-corrected chi connectivity index (χ3v) is 2.91. The van der Waals surface area contributed by atoms with Crippen LogP contribution in [0, 0.1) is 0 Å². The lowest BCUT2D eigenvalue weighted by atomic mass is 10.3. The zero-order valence-electron chi connectivity index (χ0n) is 10.7. The maximum atomic E-state index is 11.7. The molecular formula is C12H16BrN3O2S. The van der Waals surface area contributed by atoms with Crippen molar-refractivity contribution < 1.29 is 9.53 Å². The predicted octanol–water partition coefficient (Wildman–Crippen LogP) is 1.73. The van der Waals surface area contributed by atoms with Gasteiger partial charge >= 0.3 is 0 Å². The second-order valence-corrected chi connectivity index (χ2v) is 5.01. The topological polar surface area (TPSA) is 62.4 Å². The van der Waals surface area contributed by atoms with Gasteiger partial charge in [0.25, 0.3) is 5.91 Å². The fourth-order valence-corrected chi connectivity index (χ4v) is 1.66. The van der Waals surface area contributed by atoms with Crippen molar-refractivity contribution in [1.82, 2.24) is 16.2 Å². The molecule has 5 nitrogen and oxygen atoms in total. The molecule has 0 spiro atoms. The van der Waals surface area contributed by atoms with Crippen molar-refractivity contribution in [2.45, 2.75) is 20.0 Å². The van der Waals surface area contributed by atoms with Gasteiger partial charge in [0.1, 0.15) is 5.75 Å². The number of carbonyl (C=O) groups is 1. The lowest BCUT2D eigenvalue weighted by Crippen LogP contribution is -2.50. The molecule has 0 heterocycles. The molecule has 1 rings (SSSR count). The van der Waals surface area contributed by atoms with Gasteiger partial charge in [0.05, 0.1) is 0 Å². The Hall–Kier alpha value is -1.34. The summed E-state index contributed by atoms with van der Waals surface area (Å²) in [6.07, 6.45) is -0.627. The van der Waals surface area contributed by atoms with Gasteiger partial charge in [-0.15, -0.1) is 0 Å². The number of hydrogen-bond acceptors (Lipinski definition) is 3. The number of rotatable bonds is 4. The Balaban J connectivity index is 2.40. The van der Waals surface area contributed by atoms with Gasteiger partial charge in [-0.3, -0.25) is 15.6 Å². The predicted molar refractivity (Wildman–Crippen MR) is 81.8 cm³/mol. The minimum Gasteiger partial charge on any atom is -0.481 e. The first kappa shape index (κ1) is 15.7. The number of thiocarbonyl (C=S) groups is 1. The Morgan fingerprint density at radius 2 is 2.00 bits per heavy atom. The van der Waals surface area contributed by atoms with E-state index in [9.17, 15) is 4.79 Å². The van der Waals surface area contributed by atoms with Crippen LogP contribution in [0.2, 0.25) is 0 Å². The monoisotopic (exact) mass is 345 g/mol. The highest BCUT2D eigenvalue weighted by Gasteiger charge is 2.14. The number of carbonyl (C=O) groups excluding carboxylic acids is 1. The first-order valence-electron chi connectivity index (χ1n) is 5.79. The number of hydrogen-bond donors (Lipinski definition) is 3. The Bertz CT molecular complexity index is 439. The highest BCUT2D eigenvalue weighted by Crippen LogP contribution is 2.17. The molecule has 1 amide bonds. The molecule has 3 N–H and O–H groups in total. The van der Waals surface area contributed by atoms with Gasteiger partial charge in [-0.25, -0.2) is 0 Å². The summed E-state index contributed by atoms with van der Waals surface area (Å²) >= 11 is 8.25. The van der Waals surface area contributed by atoms with Crippen LogP contribution in [0.4, 0.5) is 0 Å². The fourth-order valence-electron chi connectivity index (χ4n) is 1.20. The molecular weight excluding hydrogens is 330 g/mol. The minimum absolute atomic E-state index is 0.303. The van der Waals surface area contributed by atoms with Crippen molar-refractivity contribution in [1.29, 1.82) is 0 Å². The summed E-state index contributed by atoms with van der Waals surface area (Å²) in [5.41, 5.74) is 5.06. The summed E-state index contributed by atoms with van der Waals surface area (Å²) in [6, 6.07) is 7.26. The molecule has 19 heavy (non-hydrogen) atoms. The second-order valence-electron chi connectivity index (χ2n) is 3.69. The van der Waals surface area contributed by atoms with Crippen LogP contribution in [-0.4, -0.2) is 23.7 Å². The van der Waals surface area contributed by atoms with Crippen LogP contribution in [0.1, 0.15) is 13.8 Å². The molecule has 0 aliphatic carbocycles. The van der Waals surface area contributed by atoms with E-state index in [-0.39, 0.29) is 5.91 Å². The molecule has 1 aromatic rings. The molecule has 7 heteroatoms. The first-order valence-corrected chi connectivity index (χ1v) is 6.99. The summed E-state index contributed by atoms with van der Waals surface area (Å²) in [4.78, 5) is 11.7. The van der Waals surface area contributed by atoms with Gasteiger partial charge in [-0.1, -0.05) is 15.9 Å². The Morgan fingerprint density at radius 3 is 2.58 bits per heavy atom. The van der Waals surface area contributed by atoms with E-state index in [1.54, 1.807) is 19.1 Å². The molecule has 104 valence electrons. The molecule has 0 fully saturated rings. The van der Waals surface area contributed by atoms with Crippen molar-refractivity contribution in [3.05, 3.63) is 28.7 Å². The van der Waals surface area contributed by atoms with Crippen LogP contribution >= 0.6 is 28.1 Å². The number of halogens is 1. The summed E-state index contributed by atoms with van der Waals surface area (Å²) < 4.78 is 6.44. The zero-order valence-corrected chi connectivity index (χ0v) is 13.1. The number of hydrazine groups is 1. The number of nitrogens with one attached hydrogen (secondary N) is 3. The van der Waals surface area contributed by atoms with Gasteiger partial charge < -0.3 is 10.1 Å². The molecule has 0 radical (unpaired) electrons. The Labute approximate surface area is 126 Å². The molecule has 1 aromatic carbocycles. The quantitative estimate of drug-likeness (QED) is 0.573. The summed E-state index contributed by atoms with van der Waals surface area (Å²) in [6.45, 7) is 4.26. The molecule has 0 aliphatic rings. The van der Waals surface area contributed by atoms with Crippen LogP contribution in [0.3, 0.4) is 0 Å². The van der Waals surface area contributed by atoms with Crippen LogP contribution in [0.15, 0.2) is 28.7 Å². The largest absolute Gasteiger partial charge is 0.481 e. The van der Waals surface area contributed by atoms with E-state index >= 15 is 0 Å². The van der Waals surface area contributed by atoms with Gasteiger partial charge in [-0.2, -0.15) is 0 Å². The maximum absolute atomic E-state index is 11.7. The SMILES string of the molecule is CCNC(=S)NNC(=O)C(C)Oc1ccc(Br)cc1. The summed E-state index contributed by atoms with van der Waals surface area (Å²) in [7, 11) is 0. The van der Waals surface area contributed by atoms with Crippen molar-refractivity contribution in [3.8, 4) is 5.75 Å². The minimum atomic E-state index is -0.627. The third kappa shape index (κ3) is 5.89. The van der Waals surface area contributed by atoms with E-state index < -0.39 is 6.10 Å². The molecule has 1 atom stereocenters.